The number of H-pyrrole nitrogens is 1. The van der Waals surface area contributed by atoms with Gasteiger partial charge in [0.05, 0.1) is 11.6 Å². The number of pyridine rings is 1. The molecule has 1 atom stereocenters. The van der Waals surface area contributed by atoms with Crippen LogP contribution in [-0.4, -0.2) is 34.6 Å². The van der Waals surface area contributed by atoms with Crippen molar-refractivity contribution in [3.63, 3.8) is 0 Å². The van der Waals surface area contributed by atoms with Gasteiger partial charge in [-0.1, -0.05) is 29.8 Å². The highest BCUT2D eigenvalue weighted by Gasteiger charge is 2.27. The predicted octanol–water partition coefficient (Wildman–Crippen LogP) is 4.25. The highest BCUT2D eigenvalue weighted by molar-refractivity contribution is 6.32. The molecule has 1 amide bonds. The van der Waals surface area contributed by atoms with Gasteiger partial charge in [-0.15, -0.1) is 0 Å². The second kappa shape index (κ2) is 10.3. The van der Waals surface area contributed by atoms with Crippen molar-refractivity contribution < 1.29 is 19.4 Å². The summed E-state index contributed by atoms with van der Waals surface area (Å²) in [6.07, 6.45) is 6.49. The third kappa shape index (κ3) is 6.05. The molecule has 0 unspecified atom stereocenters. The van der Waals surface area contributed by atoms with Crippen LogP contribution in [0.25, 0.3) is 5.57 Å². The lowest BCUT2D eigenvalue weighted by molar-refractivity contribution is -0.137. The quantitative estimate of drug-likeness (QED) is 0.450. The first-order valence-corrected chi connectivity index (χ1v) is 11.7. The molecule has 0 spiro atoms. The Morgan fingerprint density at radius 2 is 1.97 bits per heavy atom. The number of carboxylic acid groups (broad SMARTS) is 1. The summed E-state index contributed by atoms with van der Waals surface area (Å²) in [5, 5.41) is 12.1. The fraction of sp³-hybridized carbons (Fsp3) is 0.400. The Bertz CT molecular complexity index is 1140. The number of benzene rings is 1. The zero-order chi connectivity index (χ0) is 23.4. The molecule has 2 aliphatic rings. The SMILES string of the molecule is O=C(O)CCCCOc1ccc(/C(=C\[C@H]2CCC(=O)N2)c2ccc(C3CC3)c(=O)[nH]2)cc1Cl. The number of nitrogens with one attached hydrogen (secondary N) is 2. The Hall–Kier alpha value is -3.06. The van der Waals surface area contributed by atoms with Crippen LogP contribution in [0.15, 0.2) is 41.2 Å². The molecular formula is C25H27ClN2O5. The van der Waals surface area contributed by atoms with E-state index in [1.165, 1.54) is 0 Å². The van der Waals surface area contributed by atoms with E-state index in [0.29, 0.717) is 54.7 Å². The summed E-state index contributed by atoms with van der Waals surface area (Å²) >= 11 is 6.48. The molecule has 2 heterocycles. The van der Waals surface area contributed by atoms with Gasteiger partial charge in [0.2, 0.25) is 5.91 Å². The highest BCUT2D eigenvalue weighted by atomic mass is 35.5. The number of carboxylic acids is 1. The lowest BCUT2D eigenvalue weighted by Gasteiger charge is -2.15. The first kappa shape index (κ1) is 23.1. The minimum Gasteiger partial charge on any atom is -0.492 e. The van der Waals surface area contributed by atoms with Crippen molar-refractivity contribution in [1.29, 1.82) is 0 Å². The number of carbonyl (C=O) groups is 2. The summed E-state index contributed by atoms with van der Waals surface area (Å²) in [7, 11) is 0. The molecule has 0 bridgehead atoms. The van der Waals surface area contributed by atoms with Gasteiger partial charge < -0.3 is 20.1 Å². The van der Waals surface area contributed by atoms with E-state index < -0.39 is 5.97 Å². The van der Waals surface area contributed by atoms with Crippen molar-refractivity contribution in [1.82, 2.24) is 10.3 Å². The molecule has 4 rings (SSSR count). The number of aromatic nitrogens is 1. The number of unbranched alkanes of at least 4 members (excludes halogenated alkanes) is 1. The van der Waals surface area contributed by atoms with E-state index in [1.807, 2.05) is 24.3 Å². The number of rotatable bonds is 10. The average molecular weight is 471 g/mol. The van der Waals surface area contributed by atoms with Gasteiger partial charge in [-0.25, -0.2) is 0 Å². The molecule has 1 saturated carbocycles. The standard InChI is InChI=1S/C25H27ClN2O5/c26-20-13-16(6-10-22(20)33-12-2-1-3-24(30)31)19(14-17-7-11-23(29)27-17)21-9-8-18(15-4-5-15)25(32)28-21/h6,8-10,13-15,17H,1-5,7,11-12H2,(H,27,29)(H,28,32)(H,30,31)/b19-14+/t17-/m1/s1. The first-order valence-electron chi connectivity index (χ1n) is 11.3. The van der Waals surface area contributed by atoms with Crippen LogP contribution in [0.5, 0.6) is 5.75 Å². The van der Waals surface area contributed by atoms with Crippen molar-refractivity contribution in [3.05, 3.63) is 68.6 Å². The molecule has 2 aromatic rings. The minimum atomic E-state index is -0.821. The van der Waals surface area contributed by atoms with Gasteiger partial charge in [0.15, 0.2) is 0 Å². The molecule has 2 fully saturated rings. The van der Waals surface area contributed by atoms with Crippen LogP contribution in [0.1, 0.15) is 67.7 Å². The minimum absolute atomic E-state index is 0.0119. The van der Waals surface area contributed by atoms with Crippen LogP contribution in [0, 0.1) is 0 Å². The average Bonchev–Trinajstić information content (AvgIpc) is 3.53. The third-order valence-corrected chi connectivity index (χ3v) is 6.22. The van der Waals surface area contributed by atoms with Gasteiger partial charge in [0.1, 0.15) is 5.75 Å². The summed E-state index contributed by atoms with van der Waals surface area (Å²) in [6, 6.07) is 9.11. The Kier molecular flexibility index (Phi) is 7.18. The molecule has 33 heavy (non-hydrogen) atoms. The van der Waals surface area contributed by atoms with E-state index in [9.17, 15) is 14.4 Å². The maximum atomic E-state index is 12.6. The summed E-state index contributed by atoms with van der Waals surface area (Å²) in [6.45, 7) is 0.374. The molecular weight excluding hydrogens is 444 g/mol. The molecule has 174 valence electrons. The van der Waals surface area contributed by atoms with Gasteiger partial charge in [-0.3, -0.25) is 14.4 Å². The predicted molar refractivity (Wildman–Crippen MR) is 126 cm³/mol. The molecule has 8 heteroatoms. The largest absolute Gasteiger partial charge is 0.492 e. The van der Waals surface area contributed by atoms with Gasteiger partial charge in [-0.2, -0.15) is 0 Å². The number of halogens is 1. The lowest BCUT2D eigenvalue weighted by Crippen LogP contribution is -2.23. The maximum Gasteiger partial charge on any atom is 0.303 e. The monoisotopic (exact) mass is 470 g/mol. The topological polar surface area (TPSA) is 108 Å². The maximum absolute atomic E-state index is 12.6. The second-order valence-corrected chi connectivity index (χ2v) is 8.98. The summed E-state index contributed by atoms with van der Waals surface area (Å²) in [5.74, 6) is 0.0590. The molecule has 1 aromatic heterocycles. The van der Waals surface area contributed by atoms with Gasteiger partial charge >= 0.3 is 5.97 Å². The normalized spacial score (nSPS) is 18.3. The zero-order valence-corrected chi connectivity index (χ0v) is 19.0. The summed E-state index contributed by atoms with van der Waals surface area (Å²) in [4.78, 5) is 38.0. The Morgan fingerprint density at radius 1 is 1.15 bits per heavy atom. The third-order valence-electron chi connectivity index (χ3n) is 5.93. The first-order chi connectivity index (χ1) is 15.9. The van der Waals surface area contributed by atoms with Crippen molar-refractivity contribution in [2.45, 2.75) is 56.9 Å². The van der Waals surface area contributed by atoms with Crippen LogP contribution in [0.4, 0.5) is 0 Å². The molecule has 1 aromatic carbocycles. The van der Waals surface area contributed by atoms with Crippen LogP contribution in [0.3, 0.4) is 0 Å². The second-order valence-electron chi connectivity index (χ2n) is 8.57. The van der Waals surface area contributed by atoms with Gasteiger partial charge in [-0.05, 0) is 61.8 Å². The van der Waals surface area contributed by atoms with E-state index in [4.69, 9.17) is 21.4 Å². The Labute approximate surface area is 196 Å². The zero-order valence-electron chi connectivity index (χ0n) is 18.2. The smallest absolute Gasteiger partial charge is 0.303 e. The van der Waals surface area contributed by atoms with Gasteiger partial charge in [0, 0.05) is 35.7 Å². The van der Waals surface area contributed by atoms with E-state index in [1.54, 1.807) is 12.1 Å². The van der Waals surface area contributed by atoms with E-state index in [-0.39, 0.29) is 23.9 Å². The molecule has 1 aliphatic carbocycles. The lowest BCUT2D eigenvalue weighted by atomic mass is 9.98. The van der Waals surface area contributed by atoms with E-state index in [2.05, 4.69) is 10.3 Å². The molecule has 1 aliphatic heterocycles. The molecule has 3 N–H and O–H groups in total. The summed E-state index contributed by atoms with van der Waals surface area (Å²) in [5.41, 5.74) is 3.00. The fourth-order valence-electron chi connectivity index (χ4n) is 4.01. The number of hydrogen-bond donors (Lipinski definition) is 3. The van der Waals surface area contributed by atoms with Crippen molar-refractivity contribution in [2.75, 3.05) is 6.61 Å². The van der Waals surface area contributed by atoms with Crippen molar-refractivity contribution >= 4 is 29.1 Å². The highest BCUT2D eigenvalue weighted by Crippen LogP contribution is 2.38. The van der Waals surface area contributed by atoms with E-state index in [0.717, 1.165) is 29.5 Å². The number of aromatic amines is 1. The number of carbonyl (C=O) groups excluding carboxylic acids is 1. The fourth-order valence-corrected chi connectivity index (χ4v) is 4.24. The van der Waals surface area contributed by atoms with Gasteiger partial charge in [0.25, 0.3) is 5.56 Å². The number of amides is 1. The Morgan fingerprint density at radius 3 is 2.61 bits per heavy atom. The molecule has 0 radical (unpaired) electrons. The van der Waals surface area contributed by atoms with Crippen LogP contribution >= 0.6 is 11.6 Å². The number of hydrogen-bond acceptors (Lipinski definition) is 4. The van der Waals surface area contributed by atoms with Crippen LogP contribution in [0.2, 0.25) is 5.02 Å². The molecule has 7 nitrogen and oxygen atoms in total. The molecule has 1 saturated heterocycles. The van der Waals surface area contributed by atoms with Crippen LogP contribution in [-0.2, 0) is 9.59 Å². The van der Waals surface area contributed by atoms with Crippen molar-refractivity contribution in [2.24, 2.45) is 0 Å². The Balaban J connectivity index is 1.56. The summed E-state index contributed by atoms with van der Waals surface area (Å²) < 4.78 is 5.72. The van der Waals surface area contributed by atoms with Crippen LogP contribution < -0.4 is 15.6 Å². The number of aliphatic carboxylic acids is 1. The number of ether oxygens (including phenoxy) is 1. The van der Waals surface area contributed by atoms with E-state index >= 15 is 0 Å². The van der Waals surface area contributed by atoms with Crippen molar-refractivity contribution in [3.8, 4) is 5.75 Å².